The van der Waals surface area contributed by atoms with Gasteiger partial charge in [0.25, 0.3) is 0 Å². The molecular weight excluding hydrogens is 241 g/mol. The molecule has 0 saturated carbocycles. The van der Waals surface area contributed by atoms with Crippen molar-refractivity contribution in [1.29, 1.82) is 0 Å². The van der Waals surface area contributed by atoms with E-state index in [-0.39, 0.29) is 5.15 Å². The van der Waals surface area contributed by atoms with Crippen LogP contribution >= 0.6 is 34.5 Å². The van der Waals surface area contributed by atoms with Crippen molar-refractivity contribution in [2.75, 3.05) is 5.32 Å². The summed E-state index contributed by atoms with van der Waals surface area (Å²) in [5, 5.41) is 7.50. The van der Waals surface area contributed by atoms with Crippen molar-refractivity contribution in [2.45, 2.75) is 0 Å². The van der Waals surface area contributed by atoms with Gasteiger partial charge < -0.3 is 5.32 Å². The van der Waals surface area contributed by atoms with Gasteiger partial charge in [-0.1, -0.05) is 23.2 Å². The number of nitrogens with one attached hydrogen (secondary N) is 1. The zero-order valence-corrected chi connectivity index (χ0v) is 9.20. The molecule has 0 radical (unpaired) electrons. The highest BCUT2D eigenvalue weighted by atomic mass is 35.5. The molecule has 0 saturated heterocycles. The Kier molecular flexibility index (Phi) is 2.86. The summed E-state index contributed by atoms with van der Waals surface area (Å²) >= 11 is 13.0. The van der Waals surface area contributed by atoms with Crippen molar-refractivity contribution in [1.82, 2.24) is 9.97 Å². The van der Waals surface area contributed by atoms with Crippen LogP contribution in [-0.4, -0.2) is 9.97 Å². The van der Waals surface area contributed by atoms with Crippen LogP contribution in [0.4, 0.5) is 11.6 Å². The number of rotatable bonds is 2. The van der Waals surface area contributed by atoms with Crippen LogP contribution in [-0.2, 0) is 0 Å². The van der Waals surface area contributed by atoms with Crippen LogP contribution in [0.2, 0.25) is 10.2 Å². The van der Waals surface area contributed by atoms with Crippen LogP contribution in [0.3, 0.4) is 0 Å². The van der Waals surface area contributed by atoms with Crippen molar-refractivity contribution in [3.63, 3.8) is 0 Å². The summed E-state index contributed by atoms with van der Waals surface area (Å²) in [6, 6.07) is 1.93. The molecule has 0 aromatic carbocycles. The van der Waals surface area contributed by atoms with E-state index in [1.807, 2.05) is 16.8 Å². The molecule has 72 valence electrons. The molecule has 0 fully saturated rings. The molecule has 2 aromatic heterocycles. The first kappa shape index (κ1) is 9.71. The second-order valence-corrected chi connectivity index (χ2v) is 4.01. The Labute approximate surface area is 94.7 Å². The summed E-state index contributed by atoms with van der Waals surface area (Å²) in [4.78, 5) is 7.94. The predicted octanol–water partition coefficient (Wildman–Crippen LogP) is 3.59. The lowest BCUT2D eigenvalue weighted by molar-refractivity contribution is 1.17. The number of nitrogens with zero attached hydrogens (tertiary/aromatic N) is 2. The van der Waals surface area contributed by atoms with E-state index in [0.717, 1.165) is 5.69 Å². The topological polar surface area (TPSA) is 37.8 Å². The molecule has 0 atom stereocenters. The Bertz CT molecular complexity index is 430. The summed E-state index contributed by atoms with van der Waals surface area (Å²) < 4.78 is 0. The van der Waals surface area contributed by atoms with Crippen LogP contribution in [0, 0.1) is 0 Å². The van der Waals surface area contributed by atoms with Crippen molar-refractivity contribution < 1.29 is 0 Å². The van der Waals surface area contributed by atoms with Crippen LogP contribution < -0.4 is 5.32 Å². The molecule has 2 rings (SSSR count). The van der Waals surface area contributed by atoms with Crippen LogP contribution in [0.25, 0.3) is 0 Å². The monoisotopic (exact) mass is 245 g/mol. The molecule has 0 bridgehead atoms. The van der Waals surface area contributed by atoms with Gasteiger partial charge in [0.1, 0.15) is 0 Å². The fraction of sp³-hybridized carbons (Fsp3) is 0. The lowest BCUT2D eigenvalue weighted by atomic mass is 10.5. The third-order valence-electron chi connectivity index (χ3n) is 1.48. The number of anilines is 2. The van der Waals surface area contributed by atoms with Gasteiger partial charge in [0.2, 0.25) is 5.95 Å². The van der Waals surface area contributed by atoms with Crippen molar-refractivity contribution in [2.24, 2.45) is 0 Å². The first-order valence-electron chi connectivity index (χ1n) is 3.73. The number of aromatic nitrogens is 2. The second kappa shape index (κ2) is 4.13. The standard InChI is InChI=1S/C8H5Cl2N3S/c9-6-3-11-8(13-7(6)10)12-5-1-2-14-4-5/h1-4H,(H,11,12,13). The van der Waals surface area contributed by atoms with Crippen molar-refractivity contribution >= 4 is 46.2 Å². The number of hydrogen-bond acceptors (Lipinski definition) is 4. The Hall–Kier alpha value is -0.840. The molecule has 3 nitrogen and oxygen atoms in total. The largest absolute Gasteiger partial charge is 0.323 e. The average molecular weight is 246 g/mol. The Morgan fingerprint density at radius 2 is 2.21 bits per heavy atom. The van der Waals surface area contributed by atoms with Gasteiger partial charge in [-0.15, -0.1) is 0 Å². The van der Waals surface area contributed by atoms with Gasteiger partial charge in [-0.05, 0) is 11.4 Å². The molecule has 0 amide bonds. The van der Waals surface area contributed by atoms with E-state index in [2.05, 4.69) is 15.3 Å². The van der Waals surface area contributed by atoms with Gasteiger partial charge in [-0.25, -0.2) is 4.98 Å². The molecule has 1 N–H and O–H groups in total. The summed E-state index contributed by atoms with van der Waals surface area (Å²) in [6.07, 6.45) is 1.46. The third kappa shape index (κ3) is 2.15. The van der Waals surface area contributed by atoms with E-state index in [4.69, 9.17) is 23.2 Å². The zero-order chi connectivity index (χ0) is 9.97. The van der Waals surface area contributed by atoms with E-state index in [1.54, 1.807) is 11.3 Å². The van der Waals surface area contributed by atoms with E-state index in [1.165, 1.54) is 6.20 Å². The minimum absolute atomic E-state index is 0.249. The van der Waals surface area contributed by atoms with Gasteiger partial charge in [-0.3, -0.25) is 0 Å². The van der Waals surface area contributed by atoms with Gasteiger partial charge in [-0.2, -0.15) is 16.3 Å². The van der Waals surface area contributed by atoms with Gasteiger partial charge in [0.15, 0.2) is 5.15 Å². The highest BCUT2D eigenvalue weighted by Crippen LogP contribution is 2.21. The maximum absolute atomic E-state index is 5.73. The molecule has 0 aliphatic heterocycles. The fourth-order valence-electron chi connectivity index (χ4n) is 0.871. The van der Waals surface area contributed by atoms with Gasteiger partial charge >= 0.3 is 0 Å². The molecular formula is C8H5Cl2N3S. The molecule has 6 heteroatoms. The first-order valence-corrected chi connectivity index (χ1v) is 5.43. The normalized spacial score (nSPS) is 10.1. The number of thiophene rings is 1. The number of hydrogen-bond donors (Lipinski definition) is 1. The summed E-state index contributed by atoms with van der Waals surface area (Å²) in [6.45, 7) is 0. The Balaban J connectivity index is 2.22. The van der Waals surface area contributed by atoms with Crippen molar-refractivity contribution in [3.05, 3.63) is 33.2 Å². The molecule has 0 aliphatic rings. The lowest BCUT2D eigenvalue weighted by Gasteiger charge is -2.01. The van der Waals surface area contributed by atoms with Gasteiger partial charge in [0.05, 0.1) is 16.9 Å². The molecule has 14 heavy (non-hydrogen) atoms. The van der Waals surface area contributed by atoms with Crippen LogP contribution in [0.1, 0.15) is 0 Å². The quantitative estimate of drug-likeness (QED) is 0.823. The molecule has 2 aromatic rings. The van der Waals surface area contributed by atoms with Crippen LogP contribution in [0.15, 0.2) is 23.0 Å². The Morgan fingerprint density at radius 1 is 1.36 bits per heavy atom. The van der Waals surface area contributed by atoms with Gasteiger partial charge in [0, 0.05) is 5.38 Å². The molecule has 0 unspecified atom stereocenters. The van der Waals surface area contributed by atoms with Crippen LogP contribution in [0.5, 0.6) is 0 Å². The third-order valence-corrected chi connectivity index (χ3v) is 2.82. The maximum atomic E-state index is 5.73. The minimum Gasteiger partial charge on any atom is -0.323 e. The van der Waals surface area contributed by atoms with E-state index >= 15 is 0 Å². The lowest BCUT2D eigenvalue weighted by Crippen LogP contribution is -1.95. The average Bonchev–Trinajstić information content (AvgIpc) is 2.64. The summed E-state index contributed by atoms with van der Waals surface area (Å²) in [5.74, 6) is 0.442. The fourth-order valence-corrected chi connectivity index (χ4v) is 1.68. The Morgan fingerprint density at radius 3 is 2.86 bits per heavy atom. The van der Waals surface area contributed by atoms with E-state index < -0.39 is 0 Å². The van der Waals surface area contributed by atoms with E-state index in [9.17, 15) is 0 Å². The highest BCUT2D eigenvalue weighted by Gasteiger charge is 2.02. The summed E-state index contributed by atoms with van der Waals surface area (Å²) in [5.41, 5.74) is 0.938. The van der Waals surface area contributed by atoms with E-state index in [0.29, 0.717) is 11.0 Å². The number of halogens is 2. The smallest absolute Gasteiger partial charge is 0.228 e. The molecule has 0 aliphatic carbocycles. The predicted molar refractivity (Wildman–Crippen MR) is 59.7 cm³/mol. The molecule has 2 heterocycles. The second-order valence-electron chi connectivity index (χ2n) is 2.47. The maximum Gasteiger partial charge on any atom is 0.228 e. The highest BCUT2D eigenvalue weighted by molar-refractivity contribution is 7.08. The summed E-state index contributed by atoms with van der Waals surface area (Å²) in [7, 11) is 0. The SMILES string of the molecule is Clc1cnc(Nc2ccsc2)nc1Cl. The molecule has 0 spiro atoms. The van der Waals surface area contributed by atoms with Crippen molar-refractivity contribution in [3.8, 4) is 0 Å². The zero-order valence-electron chi connectivity index (χ0n) is 6.87. The first-order chi connectivity index (χ1) is 6.75. The minimum atomic E-state index is 0.249.